The van der Waals surface area contributed by atoms with Crippen molar-refractivity contribution >= 4 is 27.4 Å². The van der Waals surface area contributed by atoms with E-state index in [1.165, 1.54) is 0 Å². The Morgan fingerprint density at radius 1 is 1.29 bits per heavy atom. The summed E-state index contributed by atoms with van der Waals surface area (Å²) in [6.45, 7) is 3.20. The van der Waals surface area contributed by atoms with E-state index in [4.69, 9.17) is 5.11 Å². The minimum atomic E-state index is -3.74. The molecule has 1 aromatic rings. The summed E-state index contributed by atoms with van der Waals surface area (Å²) in [5, 5.41) is 22.2. The van der Waals surface area contributed by atoms with E-state index in [2.05, 4.69) is 5.32 Å². The van der Waals surface area contributed by atoms with Gasteiger partial charge < -0.3 is 10.4 Å². The summed E-state index contributed by atoms with van der Waals surface area (Å²) in [5.74, 6) is -1.74. The number of sulfone groups is 1. The van der Waals surface area contributed by atoms with Gasteiger partial charge in [0.05, 0.1) is 9.82 Å². The Morgan fingerprint density at radius 3 is 2.33 bits per heavy atom. The molecular weight excluding hydrogens is 340 g/mol. The number of benzene rings is 1. The largest absolute Gasteiger partial charge is 0.481 e. The molecule has 1 amide bonds. The van der Waals surface area contributed by atoms with Crippen LogP contribution < -0.4 is 5.32 Å². The van der Waals surface area contributed by atoms with Gasteiger partial charge in [-0.05, 0) is 26.3 Å². The number of carbonyl (C=O) groups is 2. The highest BCUT2D eigenvalue weighted by molar-refractivity contribution is 7.90. The Labute approximate surface area is 138 Å². The van der Waals surface area contributed by atoms with Crippen molar-refractivity contribution in [3.05, 3.63) is 33.9 Å². The minimum absolute atomic E-state index is 0.141. The number of hydrogen-bond acceptors (Lipinski definition) is 6. The number of non-ortho nitro benzene ring substituents is 1. The van der Waals surface area contributed by atoms with Gasteiger partial charge >= 0.3 is 5.97 Å². The fourth-order valence-corrected chi connectivity index (χ4v) is 2.57. The zero-order chi connectivity index (χ0) is 18.7. The predicted octanol–water partition coefficient (Wildman–Crippen LogP) is 1.37. The summed E-state index contributed by atoms with van der Waals surface area (Å²) in [4.78, 5) is 32.7. The number of nitrogens with one attached hydrogen (secondary N) is 1. The molecule has 0 aliphatic carbocycles. The summed E-state index contributed by atoms with van der Waals surface area (Å²) in [6.07, 6.45) is 0.850. The molecule has 0 radical (unpaired) electrons. The number of carboxylic acid groups (broad SMARTS) is 1. The van der Waals surface area contributed by atoms with E-state index in [0.717, 1.165) is 24.5 Å². The summed E-state index contributed by atoms with van der Waals surface area (Å²) >= 11 is 0. The maximum atomic E-state index is 12.3. The van der Waals surface area contributed by atoms with Gasteiger partial charge in [-0.15, -0.1) is 0 Å². The number of carbonyl (C=O) groups excluding carboxylic acids is 1. The third kappa shape index (κ3) is 5.61. The van der Waals surface area contributed by atoms with Crippen molar-refractivity contribution in [2.24, 2.45) is 0 Å². The zero-order valence-corrected chi connectivity index (χ0v) is 14.2. The molecule has 10 heteroatoms. The zero-order valence-electron chi connectivity index (χ0n) is 13.4. The molecule has 1 aromatic carbocycles. The van der Waals surface area contributed by atoms with Crippen LogP contribution in [-0.4, -0.2) is 42.1 Å². The summed E-state index contributed by atoms with van der Waals surface area (Å²) < 4.78 is 23.3. The number of amides is 1. The van der Waals surface area contributed by atoms with Gasteiger partial charge in [0.1, 0.15) is 0 Å². The molecule has 0 aliphatic rings. The monoisotopic (exact) mass is 358 g/mol. The van der Waals surface area contributed by atoms with E-state index in [1.54, 1.807) is 13.8 Å². The highest BCUT2D eigenvalue weighted by Gasteiger charge is 2.25. The molecule has 0 aromatic heterocycles. The van der Waals surface area contributed by atoms with Gasteiger partial charge in [0, 0.05) is 35.9 Å². The Balaban J connectivity index is 3.16. The Hall–Kier alpha value is -2.49. The lowest BCUT2D eigenvalue weighted by Crippen LogP contribution is -2.43. The standard InChI is InChI=1S/C14H18N2O7S/c1-14(2,5-4-12(17)18)15-13(19)9-6-10(16(20)21)8-11(7-9)24(3,22)23/h6-8H,4-5H2,1-3H3,(H,15,19)(H,17,18). The molecule has 132 valence electrons. The second kappa shape index (κ2) is 6.95. The first-order chi connectivity index (χ1) is 10.8. The van der Waals surface area contributed by atoms with Gasteiger partial charge in [-0.25, -0.2) is 8.42 Å². The van der Waals surface area contributed by atoms with Crippen molar-refractivity contribution in [2.45, 2.75) is 37.1 Å². The maximum Gasteiger partial charge on any atom is 0.303 e. The van der Waals surface area contributed by atoms with E-state index < -0.39 is 37.9 Å². The van der Waals surface area contributed by atoms with Gasteiger partial charge in [0.15, 0.2) is 9.84 Å². The van der Waals surface area contributed by atoms with Crippen LogP contribution in [0.25, 0.3) is 0 Å². The molecule has 0 unspecified atom stereocenters. The molecule has 9 nitrogen and oxygen atoms in total. The van der Waals surface area contributed by atoms with Crippen LogP contribution in [0.5, 0.6) is 0 Å². The SMILES string of the molecule is CC(C)(CCC(=O)O)NC(=O)c1cc([N+](=O)[O-])cc(S(C)(=O)=O)c1. The molecule has 0 spiro atoms. The fourth-order valence-electron chi connectivity index (χ4n) is 1.90. The van der Waals surface area contributed by atoms with Crippen LogP contribution in [-0.2, 0) is 14.6 Å². The smallest absolute Gasteiger partial charge is 0.303 e. The van der Waals surface area contributed by atoms with Gasteiger partial charge in [-0.2, -0.15) is 0 Å². The minimum Gasteiger partial charge on any atom is -0.481 e. The first-order valence-electron chi connectivity index (χ1n) is 6.86. The number of nitro groups is 1. The van der Waals surface area contributed by atoms with Crippen LogP contribution in [0.3, 0.4) is 0 Å². The lowest BCUT2D eigenvalue weighted by atomic mass is 9.97. The highest BCUT2D eigenvalue weighted by Crippen LogP contribution is 2.22. The fraction of sp³-hybridized carbons (Fsp3) is 0.429. The molecule has 0 heterocycles. The average Bonchev–Trinajstić information content (AvgIpc) is 2.43. The number of nitrogens with zero attached hydrogens (tertiary/aromatic N) is 1. The van der Waals surface area contributed by atoms with Crippen molar-refractivity contribution in [1.29, 1.82) is 0 Å². The molecule has 0 saturated carbocycles. The molecule has 1 rings (SSSR count). The molecule has 0 saturated heterocycles. The molecule has 0 atom stereocenters. The number of hydrogen-bond donors (Lipinski definition) is 2. The van der Waals surface area contributed by atoms with Crippen LogP contribution >= 0.6 is 0 Å². The van der Waals surface area contributed by atoms with E-state index in [0.29, 0.717) is 0 Å². The Bertz CT molecular complexity index is 784. The molecule has 0 bridgehead atoms. The first kappa shape index (κ1) is 19.6. The number of aliphatic carboxylic acids is 1. The molecule has 24 heavy (non-hydrogen) atoms. The summed E-state index contributed by atoms with van der Waals surface area (Å²) in [6, 6.07) is 2.89. The summed E-state index contributed by atoms with van der Waals surface area (Å²) in [5.41, 5.74) is -1.59. The number of nitro benzene ring substituents is 1. The highest BCUT2D eigenvalue weighted by atomic mass is 32.2. The van der Waals surface area contributed by atoms with Crippen molar-refractivity contribution in [2.75, 3.05) is 6.26 Å². The maximum absolute atomic E-state index is 12.3. The van der Waals surface area contributed by atoms with E-state index >= 15 is 0 Å². The predicted molar refractivity (Wildman–Crippen MR) is 84.6 cm³/mol. The van der Waals surface area contributed by atoms with Crippen LogP contribution in [0.15, 0.2) is 23.1 Å². The van der Waals surface area contributed by atoms with Crippen molar-refractivity contribution < 1.29 is 28.0 Å². The third-order valence-electron chi connectivity index (χ3n) is 3.21. The quantitative estimate of drug-likeness (QED) is 0.553. The van der Waals surface area contributed by atoms with Crippen molar-refractivity contribution in [1.82, 2.24) is 5.32 Å². The lowest BCUT2D eigenvalue weighted by Gasteiger charge is -2.25. The Morgan fingerprint density at radius 2 is 1.88 bits per heavy atom. The number of carboxylic acids is 1. The van der Waals surface area contributed by atoms with Crippen LogP contribution in [0.1, 0.15) is 37.0 Å². The van der Waals surface area contributed by atoms with Crippen LogP contribution in [0.2, 0.25) is 0 Å². The molecular formula is C14H18N2O7S. The normalized spacial score (nSPS) is 11.8. The van der Waals surface area contributed by atoms with Crippen molar-refractivity contribution in [3.8, 4) is 0 Å². The van der Waals surface area contributed by atoms with Gasteiger partial charge in [-0.1, -0.05) is 0 Å². The summed E-state index contributed by atoms with van der Waals surface area (Å²) in [7, 11) is -3.74. The van der Waals surface area contributed by atoms with Crippen LogP contribution in [0, 0.1) is 10.1 Å². The molecule has 0 aliphatic heterocycles. The van der Waals surface area contributed by atoms with E-state index in [1.807, 2.05) is 0 Å². The second-order valence-electron chi connectivity index (χ2n) is 5.98. The van der Waals surface area contributed by atoms with Gasteiger partial charge in [-0.3, -0.25) is 19.7 Å². The van der Waals surface area contributed by atoms with E-state index in [-0.39, 0.29) is 23.3 Å². The van der Waals surface area contributed by atoms with Gasteiger partial charge in [0.25, 0.3) is 11.6 Å². The Kier molecular flexibility index (Phi) is 5.67. The second-order valence-corrected chi connectivity index (χ2v) is 7.99. The van der Waals surface area contributed by atoms with Crippen molar-refractivity contribution in [3.63, 3.8) is 0 Å². The first-order valence-corrected chi connectivity index (χ1v) is 8.75. The van der Waals surface area contributed by atoms with Crippen LogP contribution in [0.4, 0.5) is 5.69 Å². The average molecular weight is 358 g/mol. The van der Waals surface area contributed by atoms with Gasteiger partial charge in [0.2, 0.25) is 0 Å². The van der Waals surface area contributed by atoms with E-state index in [9.17, 15) is 28.1 Å². The lowest BCUT2D eigenvalue weighted by molar-refractivity contribution is -0.385. The third-order valence-corrected chi connectivity index (χ3v) is 4.30. The molecule has 0 fully saturated rings. The molecule has 2 N–H and O–H groups in total. The number of rotatable bonds is 7. The topological polar surface area (TPSA) is 144 Å².